The highest BCUT2D eigenvalue weighted by molar-refractivity contribution is 5.76. The van der Waals surface area contributed by atoms with Gasteiger partial charge in [-0.25, -0.2) is 0 Å². The first-order chi connectivity index (χ1) is 22.5. The van der Waals surface area contributed by atoms with Crippen LogP contribution in [0.2, 0.25) is 0 Å². The number of nitrogens with two attached hydrogens (primary N) is 1. The van der Waals surface area contributed by atoms with E-state index in [-0.39, 0.29) is 25.0 Å². The Bertz CT molecular complexity index is 596. The van der Waals surface area contributed by atoms with Crippen LogP contribution in [-0.4, -0.2) is 53.2 Å². The number of primary amides is 1. The van der Waals surface area contributed by atoms with Gasteiger partial charge in [-0.15, -0.1) is 0 Å². The number of hydrogen-bond donors (Lipinski definition) is 3. The monoisotopic (exact) mass is 655 g/mol. The second-order valence-corrected chi connectivity index (χ2v) is 13.7. The molecule has 0 aliphatic heterocycles. The Morgan fingerprint density at radius 1 is 0.413 bits per heavy atom. The standard InChI is InChI=1S/C22H45NO3.C18H37NO/c1-2-3-4-5-6-7-8-9-10-11-12-13-14-15-16-17-22(26)23(18-20-24)19-21-25;1-2-3-4-5-6-7-8-9-10-11-12-13-14-15-16-17-18(19)20/h24-25H,2-21H2,1H3;2-17H2,1H3,(H2,19,20). The molecule has 0 bridgehead atoms. The summed E-state index contributed by atoms with van der Waals surface area (Å²) in [6, 6.07) is 0. The van der Waals surface area contributed by atoms with Crippen LogP contribution in [0.3, 0.4) is 0 Å². The van der Waals surface area contributed by atoms with Crippen molar-refractivity contribution in [2.24, 2.45) is 5.73 Å². The van der Waals surface area contributed by atoms with Crippen LogP contribution < -0.4 is 5.73 Å². The molecule has 0 rings (SSSR count). The highest BCUT2D eigenvalue weighted by Gasteiger charge is 2.11. The first-order valence-electron chi connectivity index (χ1n) is 20.3. The van der Waals surface area contributed by atoms with Crippen molar-refractivity contribution in [2.45, 2.75) is 219 Å². The molecule has 6 heteroatoms. The molecular formula is C40H82N2O4. The minimum absolute atomic E-state index is 0.0371. The molecule has 46 heavy (non-hydrogen) atoms. The molecule has 0 saturated heterocycles. The predicted octanol–water partition coefficient (Wildman–Crippen LogP) is 10.8. The summed E-state index contributed by atoms with van der Waals surface area (Å²) in [6.07, 6.45) is 41.2. The van der Waals surface area contributed by atoms with Gasteiger partial charge in [-0.3, -0.25) is 9.59 Å². The Morgan fingerprint density at radius 2 is 0.652 bits per heavy atom. The molecule has 6 nitrogen and oxygen atoms in total. The topological polar surface area (TPSA) is 104 Å². The highest BCUT2D eigenvalue weighted by Crippen LogP contribution is 2.15. The van der Waals surface area contributed by atoms with Crippen molar-refractivity contribution in [3.8, 4) is 0 Å². The number of nitrogens with zero attached hydrogens (tertiary/aromatic N) is 1. The van der Waals surface area contributed by atoms with E-state index >= 15 is 0 Å². The molecule has 0 atom stereocenters. The van der Waals surface area contributed by atoms with Crippen molar-refractivity contribution < 1.29 is 19.8 Å². The zero-order chi connectivity index (χ0) is 34.2. The Morgan fingerprint density at radius 3 is 0.891 bits per heavy atom. The Balaban J connectivity index is 0. The van der Waals surface area contributed by atoms with Gasteiger partial charge in [0.15, 0.2) is 0 Å². The van der Waals surface area contributed by atoms with E-state index in [4.69, 9.17) is 15.9 Å². The maximum atomic E-state index is 12.0. The molecule has 276 valence electrons. The van der Waals surface area contributed by atoms with Crippen LogP contribution in [0.5, 0.6) is 0 Å². The molecule has 0 fully saturated rings. The SMILES string of the molecule is CCCCCCCCCCCCCCCCCC(=O)N(CCO)CCO.CCCCCCCCCCCCCCCCCC(N)=O. The van der Waals surface area contributed by atoms with Gasteiger partial charge >= 0.3 is 0 Å². The Hall–Kier alpha value is -1.14. The third-order valence-electron chi connectivity index (χ3n) is 9.11. The summed E-state index contributed by atoms with van der Waals surface area (Å²) in [4.78, 5) is 24.1. The molecule has 0 aromatic carbocycles. The van der Waals surface area contributed by atoms with Gasteiger partial charge in [0.05, 0.1) is 13.2 Å². The van der Waals surface area contributed by atoms with Crippen molar-refractivity contribution in [3.05, 3.63) is 0 Å². The summed E-state index contributed by atoms with van der Waals surface area (Å²) in [5.74, 6) is -0.0949. The van der Waals surface area contributed by atoms with Crippen molar-refractivity contribution in [3.63, 3.8) is 0 Å². The first kappa shape index (κ1) is 47.0. The zero-order valence-corrected chi connectivity index (χ0v) is 31.2. The van der Waals surface area contributed by atoms with Gasteiger partial charge in [0.2, 0.25) is 11.8 Å². The molecular weight excluding hydrogens is 572 g/mol. The number of hydrogen-bond acceptors (Lipinski definition) is 4. The van der Waals surface area contributed by atoms with Gasteiger partial charge < -0.3 is 20.8 Å². The van der Waals surface area contributed by atoms with Crippen molar-refractivity contribution in [2.75, 3.05) is 26.3 Å². The van der Waals surface area contributed by atoms with Gasteiger partial charge in [0, 0.05) is 25.9 Å². The lowest BCUT2D eigenvalue weighted by Crippen LogP contribution is -2.35. The summed E-state index contributed by atoms with van der Waals surface area (Å²) >= 11 is 0. The van der Waals surface area contributed by atoms with E-state index in [2.05, 4.69) is 13.8 Å². The average molecular weight is 655 g/mol. The smallest absolute Gasteiger partial charge is 0.222 e. The summed E-state index contributed by atoms with van der Waals surface area (Å²) in [5, 5.41) is 17.9. The largest absolute Gasteiger partial charge is 0.395 e. The second kappa shape index (κ2) is 41.9. The molecule has 0 spiro atoms. The molecule has 0 heterocycles. The van der Waals surface area contributed by atoms with Crippen LogP contribution in [0.1, 0.15) is 219 Å². The van der Waals surface area contributed by atoms with E-state index in [1.165, 1.54) is 173 Å². The maximum absolute atomic E-state index is 12.0. The van der Waals surface area contributed by atoms with Gasteiger partial charge in [-0.2, -0.15) is 0 Å². The summed E-state index contributed by atoms with van der Waals surface area (Å²) < 4.78 is 0. The fourth-order valence-corrected chi connectivity index (χ4v) is 6.08. The molecule has 0 unspecified atom stereocenters. The van der Waals surface area contributed by atoms with Crippen LogP contribution in [0.15, 0.2) is 0 Å². The van der Waals surface area contributed by atoms with Gasteiger partial charge in [-0.1, -0.05) is 194 Å². The predicted molar refractivity (Wildman–Crippen MR) is 199 cm³/mol. The molecule has 0 aliphatic rings. The van der Waals surface area contributed by atoms with E-state index < -0.39 is 0 Å². The number of unbranched alkanes of at least 4 members (excludes halogenated alkanes) is 28. The molecule has 0 aromatic heterocycles. The van der Waals surface area contributed by atoms with Crippen LogP contribution in [0.25, 0.3) is 0 Å². The van der Waals surface area contributed by atoms with Crippen molar-refractivity contribution >= 4 is 11.8 Å². The quantitative estimate of drug-likeness (QED) is 0.0585. The average Bonchev–Trinajstić information content (AvgIpc) is 3.04. The molecule has 0 aromatic rings. The van der Waals surface area contributed by atoms with Gasteiger partial charge in [-0.05, 0) is 12.8 Å². The number of aliphatic hydroxyl groups is 2. The lowest BCUT2D eigenvalue weighted by molar-refractivity contribution is -0.132. The third-order valence-corrected chi connectivity index (χ3v) is 9.11. The summed E-state index contributed by atoms with van der Waals surface area (Å²) in [5.41, 5.74) is 5.11. The van der Waals surface area contributed by atoms with Crippen molar-refractivity contribution in [1.29, 1.82) is 0 Å². The fraction of sp³-hybridized carbons (Fsp3) is 0.950. The van der Waals surface area contributed by atoms with Gasteiger partial charge in [0.25, 0.3) is 0 Å². The number of aliphatic hydroxyl groups excluding tert-OH is 2. The Labute approximate surface area is 287 Å². The van der Waals surface area contributed by atoms with E-state index in [1.807, 2.05) is 0 Å². The van der Waals surface area contributed by atoms with Crippen molar-refractivity contribution in [1.82, 2.24) is 4.90 Å². The van der Waals surface area contributed by atoms with Crippen LogP contribution in [-0.2, 0) is 9.59 Å². The first-order valence-corrected chi connectivity index (χ1v) is 20.3. The Kier molecular flexibility index (Phi) is 42.8. The van der Waals surface area contributed by atoms with E-state index in [0.29, 0.717) is 25.9 Å². The fourth-order valence-electron chi connectivity index (χ4n) is 6.08. The number of carbonyl (C=O) groups is 2. The second-order valence-electron chi connectivity index (χ2n) is 13.7. The minimum atomic E-state index is -0.153. The summed E-state index contributed by atoms with van der Waals surface area (Å²) in [7, 11) is 0. The molecule has 0 saturated carbocycles. The zero-order valence-electron chi connectivity index (χ0n) is 31.2. The van der Waals surface area contributed by atoms with E-state index in [9.17, 15) is 9.59 Å². The van der Waals surface area contributed by atoms with E-state index in [1.54, 1.807) is 4.90 Å². The van der Waals surface area contributed by atoms with Crippen LogP contribution in [0, 0.1) is 0 Å². The normalized spacial score (nSPS) is 11.0. The lowest BCUT2D eigenvalue weighted by Gasteiger charge is -2.20. The maximum Gasteiger partial charge on any atom is 0.222 e. The van der Waals surface area contributed by atoms with Crippen LogP contribution >= 0.6 is 0 Å². The highest BCUT2D eigenvalue weighted by atomic mass is 16.3. The number of amides is 2. The van der Waals surface area contributed by atoms with Gasteiger partial charge in [0.1, 0.15) is 0 Å². The molecule has 0 aliphatic carbocycles. The van der Waals surface area contributed by atoms with Crippen LogP contribution in [0.4, 0.5) is 0 Å². The summed E-state index contributed by atoms with van der Waals surface area (Å²) in [6.45, 7) is 5.13. The number of carbonyl (C=O) groups excluding carboxylic acids is 2. The lowest BCUT2D eigenvalue weighted by atomic mass is 10.0. The number of rotatable bonds is 36. The molecule has 0 radical (unpaired) electrons. The van der Waals surface area contributed by atoms with E-state index in [0.717, 1.165) is 19.3 Å². The molecule has 2 amide bonds. The third kappa shape index (κ3) is 40.9. The molecule has 4 N–H and O–H groups in total. The minimum Gasteiger partial charge on any atom is -0.395 e.